The van der Waals surface area contributed by atoms with Crippen LogP contribution in [0.3, 0.4) is 0 Å². The van der Waals surface area contributed by atoms with Gasteiger partial charge in [-0.1, -0.05) is 0 Å². The summed E-state index contributed by atoms with van der Waals surface area (Å²) in [5.41, 5.74) is 4.35. The summed E-state index contributed by atoms with van der Waals surface area (Å²) < 4.78 is 5.84. The Morgan fingerprint density at radius 1 is 1.21 bits per heavy atom. The van der Waals surface area contributed by atoms with Gasteiger partial charge >= 0.3 is 0 Å². The molecule has 3 atom stereocenters. The molecule has 1 saturated heterocycles. The average molecular weight is 399 g/mol. The Kier molecular flexibility index (Phi) is 4.22. The molecular formula is C22H30N4O3. The number of hydrogen-bond donors (Lipinski definition) is 2. The average Bonchev–Trinajstić information content (AvgIpc) is 3.34. The van der Waals surface area contributed by atoms with Crippen LogP contribution in [0.5, 0.6) is 0 Å². The number of nitrogens with one attached hydrogen (secondary N) is 1. The van der Waals surface area contributed by atoms with Gasteiger partial charge < -0.3 is 9.84 Å². The molecule has 0 spiro atoms. The Hall–Kier alpha value is -1.57. The molecule has 1 aliphatic heterocycles. The maximum atomic E-state index is 13.9. The minimum atomic E-state index is -0.500. The summed E-state index contributed by atoms with van der Waals surface area (Å²) in [5.74, 6) is 1.34. The van der Waals surface area contributed by atoms with Crippen LogP contribution in [-0.2, 0) is 4.74 Å². The number of carbonyl (C=O) groups is 1. The lowest BCUT2D eigenvalue weighted by atomic mass is 9.52. The second-order valence-corrected chi connectivity index (χ2v) is 10.1. The van der Waals surface area contributed by atoms with Crippen LogP contribution in [0.1, 0.15) is 79.9 Å². The first-order valence-electron chi connectivity index (χ1n) is 11.3. The minimum Gasteiger partial charge on any atom is -0.390 e. The molecule has 4 bridgehead atoms. The minimum absolute atomic E-state index is 0.0209. The van der Waals surface area contributed by atoms with Gasteiger partial charge in [-0.15, -0.1) is 0 Å². The van der Waals surface area contributed by atoms with Crippen molar-refractivity contribution in [1.29, 1.82) is 0 Å². The third-order valence-electron chi connectivity index (χ3n) is 7.82. The van der Waals surface area contributed by atoms with Gasteiger partial charge in [0.1, 0.15) is 12.4 Å². The van der Waals surface area contributed by atoms with Crippen molar-refractivity contribution in [3.05, 3.63) is 23.8 Å². The standard InChI is InChI=1S/C22H30N4O3/c27-21(17-11-23-12-24-19(17)18-2-1-5-29-18)26(25-16-3-4-16)20-14-6-13-7-15(20)10-22(28,8-13)9-14/h11-16,18,20,25,28H,1-10H2/t13?,14?,15?,18-,20?,22?/m0/s1. The molecule has 2 heterocycles. The van der Waals surface area contributed by atoms with Crippen molar-refractivity contribution in [2.45, 2.75) is 81.6 Å². The van der Waals surface area contributed by atoms with Crippen LogP contribution in [0.25, 0.3) is 0 Å². The topological polar surface area (TPSA) is 87.6 Å². The molecule has 5 saturated carbocycles. The fraction of sp³-hybridized carbons (Fsp3) is 0.773. The van der Waals surface area contributed by atoms with Gasteiger partial charge in [-0.25, -0.2) is 15.4 Å². The number of ether oxygens (including phenoxy) is 1. The fourth-order valence-electron chi connectivity index (χ4n) is 6.75. The van der Waals surface area contributed by atoms with E-state index in [0.717, 1.165) is 70.1 Å². The summed E-state index contributed by atoms with van der Waals surface area (Å²) in [5, 5.41) is 12.9. The van der Waals surface area contributed by atoms with Crippen LogP contribution >= 0.6 is 0 Å². The van der Waals surface area contributed by atoms with Crippen LogP contribution < -0.4 is 5.43 Å². The molecule has 2 N–H and O–H groups in total. The smallest absolute Gasteiger partial charge is 0.271 e. The van der Waals surface area contributed by atoms with E-state index in [1.165, 1.54) is 6.33 Å². The molecule has 6 aliphatic rings. The SMILES string of the molecule is O=C(c1cncnc1[C@@H]1CCCO1)N(NC1CC1)C1C2CC3CC1CC(O)(C3)C2. The van der Waals surface area contributed by atoms with Gasteiger partial charge in [-0.2, -0.15) is 0 Å². The number of rotatable bonds is 5. The van der Waals surface area contributed by atoms with Crippen LogP contribution in [0.4, 0.5) is 0 Å². The molecule has 2 unspecified atom stereocenters. The second kappa shape index (κ2) is 6.72. The highest BCUT2D eigenvalue weighted by atomic mass is 16.5. The molecule has 7 heteroatoms. The molecule has 156 valence electrons. The Morgan fingerprint density at radius 3 is 2.66 bits per heavy atom. The zero-order chi connectivity index (χ0) is 19.6. The van der Waals surface area contributed by atoms with Crippen molar-refractivity contribution >= 4 is 5.91 Å². The summed E-state index contributed by atoms with van der Waals surface area (Å²) >= 11 is 0. The molecule has 6 fully saturated rings. The van der Waals surface area contributed by atoms with Gasteiger partial charge in [-0.3, -0.25) is 9.80 Å². The van der Waals surface area contributed by atoms with Gasteiger partial charge in [0.05, 0.1) is 22.9 Å². The van der Waals surface area contributed by atoms with E-state index in [4.69, 9.17) is 4.74 Å². The van der Waals surface area contributed by atoms with Crippen LogP contribution in [0, 0.1) is 17.8 Å². The first-order chi connectivity index (χ1) is 14.1. The van der Waals surface area contributed by atoms with E-state index in [9.17, 15) is 9.90 Å². The first kappa shape index (κ1) is 18.2. The van der Waals surface area contributed by atoms with Crippen LogP contribution in [-0.4, -0.2) is 50.3 Å². The Bertz CT molecular complexity index is 791. The molecule has 1 aromatic heterocycles. The van der Waals surface area contributed by atoms with Crippen molar-refractivity contribution < 1.29 is 14.6 Å². The number of aliphatic hydroxyl groups is 1. The highest BCUT2D eigenvalue weighted by molar-refractivity contribution is 5.95. The third-order valence-corrected chi connectivity index (χ3v) is 7.82. The second-order valence-electron chi connectivity index (χ2n) is 10.1. The maximum absolute atomic E-state index is 13.9. The van der Waals surface area contributed by atoms with Gasteiger partial charge in [0.2, 0.25) is 0 Å². The van der Waals surface area contributed by atoms with E-state index in [1.807, 2.05) is 5.01 Å². The third kappa shape index (κ3) is 3.18. The zero-order valence-electron chi connectivity index (χ0n) is 16.8. The van der Waals surface area contributed by atoms with Crippen molar-refractivity contribution in [2.75, 3.05) is 6.61 Å². The largest absolute Gasteiger partial charge is 0.390 e. The van der Waals surface area contributed by atoms with E-state index >= 15 is 0 Å². The van der Waals surface area contributed by atoms with Gasteiger partial charge in [0.15, 0.2) is 0 Å². The number of hydrazine groups is 1. The van der Waals surface area contributed by atoms with E-state index in [1.54, 1.807) is 6.20 Å². The Morgan fingerprint density at radius 2 is 2.00 bits per heavy atom. The molecule has 5 aliphatic carbocycles. The number of hydrogen-bond acceptors (Lipinski definition) is 6. The maximum Gasteiger partial charge on any atom is 0.271 e. The number of carbonyl (C=O) groups excluding carboxylic acids is 1. The molecule has 29 heavy (non-hydrogen) atoms. The van der Waals surface area contributed by atoms with Gasteiger partial charge in [-0.05, 0) is 75.5 Å². The highest BCUT2D eigenvalue weighted by Crippen LogP contribution is 2.57. The summed E-state index contributed by atoms with van der Waals surface area (Å²) in [7, 11) is 0. The van der Waals surface area contributed by atoms with Crippen molar-refractivity contribution in [1.82, 2.24) is 20.4 Å². The van der Waals surface area contributed by atoms with Crippen molar-refractivity contribution in [3.8, 4) is 0 Å². The van der Waals surface area contributed by atoms with Crippen LogP contribution in [0.15, 0.2) is 12.5 Å². The predicted octanol–water partition coefficient (Wildman–Crippen LogP) is 2.38. The predicted molar refractivity (Wildman–Crippen MR) is 105 cm³/mol. The van der Waals surface area contributed by atoms with E-state index in [-0.39, 0.29) is 18.1 Å². The summed E-state index contributed by atoms with van der Waals surface area (Å²) in [6.07, 6.45) is 12.1. The fourth-order valence-corrected chi connectivity index (χ4v) is 6.75. The molecule has 0 radical (unpaired) electrons. The molecule has 7 nitrogen and oxygen atoms in total. The van der Waals surface area contributed by atoms with Crippen molar-refractivity contribution in [3.63, 3.8) is 0 Å². The number of amides is 1. The molecular weight excluding hydrogens is 368 g/mol. The summed E-state index contributed by atoms with van der Waals surface area (Å²) in [6, 6.07) is 0.535. The molecule has 7 rings (SSSR count). The summed E-state index contributed by atoms with van der Waals surface area (Å²) in [6.45, 7) is 0.721. The lowest BCUT2D eigenvalue weighted by molar-refractivity contribution is -0.160. The Labute approximate surface area is 171 Å². The van der Waals surface area contributed by atoms with E-state index < -0.39 is 5.60 Å². The quantitative estimate of drug-likeness (QED) is 0.741. The highest BCUT2D eigenvalue weighted by Gasteiger charge is 2.57. The van der Waals surface area contributed by atoms with Gasteiger partial charge in [0, 0.05) is 18.8 Å². The molecule has 1 aromatic rings. The van der Waals surface area contributed by atoms with E-state index in [0.29, 0.717) is 29.4 Å². The monoisotopic (exact) mass is 398 g/mol. The summed E-state index contributed by atoms with van der Waals surface area (Å²) in [4.78, 5) is 22.5. The first-order valence-corrected chi connectivity index (χ1v) is 11.3. The molecule has 0 aromatic carbocycles. The number of aromatic nitrogens is 2. The lowest BCUT2D eigenvalue weighted by Crippen LogP contribution is -2.65. The Balaban J connectivity index is 1.33. The zero-order valence-corrected chi connectivity index (χ0v) is 16.8. The van der Waals surface area contributed by atoms with Crippen molar-refractivity contribution in [2.24, 2.45) is 17.8 Å². The normalized spacial score (nSPS) is 40.4. The van der Waals surface area contributed by atoms with E-state index in [2.05, 4.69) is 15.4 Å². The number of nitrogens with zero attached hydrogens (tertiary/aromatic N) is 3. The van der Waals surface area contributed by atoms with Gasteiger partial charge in [0.25, 0.3) is 5.91 Å². The van der Waals surface area contributed by atoms with Crippen LogP contribution in [0.2, 0.25) is 0 Å². The lowest BCUT2D eigenvalue weighted by Gasteiger charge is -2.60. The molecule has 1 amide bonds.